The summed E-state index contributed by atoms with van der Waals surface area (Å²) in [6.45, 7) is 0. The molecule has 52 heavy (non-hydrogen) atoms. The van der Waals surface area contributed by atoms with E-state index in [1.165, 1.54) is 0 Å². The number of furan rings is 2. The summed E-state index contributed by atoms with van der Waals surface area (Å²) in [5.74, 6) is 1.72. The van der Waals surface area contributed by atoms with Crippen molar-refractivity contribution in [2.45, 2.75) is 0 Å². The summed E-state index contributed by atoms with van der Waals surface area (Å²) >= 11 is 0. The Morgan fingerprint density at radius 3 is 1.65 bits per heavy atom. The minimum Gasteiger partial charge on any atom is -0.456 e. The molecule has 0 aliphatic rings. The van der Waals surface area contributed by atoms with Crippen LogP contribution in [0.3, 0.4) is 0 Å². The van der Waals surface area contributed by atoms with Crippen molar-refractivity contribution in [2.24, 2.45) is 0 Å². The van der Waals surface area contributed by atoms with Gasteiger partial charge in [-0.1, -0.05) is 127 Å². The van der Waals surface area contributed by atoms with Gasteiger partial charge in [0.25, 0.3) is 0 Å². The lowest BCUT2D eigenvalue weighted by atomic mass is 9.97. The summed E-state index contributed by atoms with van der Waals surface area (Å²) in [6, 6.07) is 56.2. The van der Waals surface area contributed by atoms with Crippen LogP contribution in [0.15, 0.2) is 173 Å². The van der Waals surface area contributed by atoms with Gasteiger partial charge in [-0.25, -0.2) is 15.0 Å². The molecular weight excluding hydrogens is 639 g/mol. The van der Waals surface area contributed by atoms with Crippen molar-refractivity contribution in [3.05, 3.63) is 164 Å². The van der Waals surface area contributed by atoms with Gasteiger partial charge >= 0.3 is 0 Å². The fourth-order valence-electron chi connectivity index (χ4n) is 7.68. The fraction of sp³-hybridized carbons (Fsp3) is 0. The summed E-state index contributed by atoms with van der Waals surface area (Å²) in [7, 11) is 0. The van der Waals surface area contributed by atoms with E-state index in [0.29, 0.717) is 17.5 Å². The van der Waals surface area contributed by atoms with Crippen LogP contribution in [-0.2, 0) is 0 Å². The number of rotatable bonds is 4. The Balaban J connectivity index is 1.25. The number of para-hydroxylation sites is 2. The van der Waals surface area contributed by atoms with E-state index in [0.717, 1.165) is 93.2 Å². The smallest absolute Gasteiger partial charge is 0.164 e. The third kappa shape index (κ3) is 4.46. The molecule has 8 aromatic carbocycles. The van der Waals surface area contributed by atoms with E-state index in [4.69, 9.17) is 23.8 Å². The van der Waals surface area contributed by atoms with Gasteiger partial charge in [-0.2, -0.15) is 0 Å². The van der Waals surface area contributed by atoms with E-state index < -0.39 is 0 Å². The first-order valence-electron chi connectivity index (χ1n) is 17.3. The maximum Gasteiger partial charge on any atom is 0.164 e. The lowest BCUT2D eigenvalue weighted by Gasteiger charge is -2.13. The van der Waals surface area contributed by atoms with Crippen LogP contribution >= 0.6 is 0 Å². The van der Waals surface area contributed by atoms with Gasteiger partial charge in [-0.05, 0) is 69.1 Å². The van der Waals surface area contributed by atoms with Gasteiger partial charge in [-0.15, -0.1) is 0 Å². The zero-order valence-electron chi connectivity index (χ0n) is 27.7. The minimum absolute atomic E-state index is 0.566. The molecule has 0 amide bonds. The van der Waals surface area contributed by atoms with Crippen LogP contribution in [-0.4, -0.2) is 15.0 Å². The molecule has 0 saturated carbocycles. The Morgan fingerprint density at radius 1 is 0.308 bits per heavy atom. The fourth-order valence-corrected chi connectivity index (χ4v) is 7.68. The highest BCUT2D eigenvalue weighted by atomic mass is 16.3. The first-order chi connectivity index (χ1) is 25.7. The number of aromatic nitrogens is 3. The molecule has 0 aliphatic carbocycles. The molecule has 5 heteroatoms. The minimum atomic E-state index is 0.566. The Labute approximate surface area is 297 Å². The summed E-state index contributed by atoms with van der Waals surface area (Å²) in [5.41, 5.74) is 7.99. The summed E-state index contributed by atoms with van der Waals surface area (Å²) in [4.78, 5) is 15.8. The molecule has 11 aromatic rings. The van der Waals surface area contributed by atoms with Gasteiger partial charge in [-0.3, -0.25) is 0 Å². The lowest BCUT2D eigenvalue weighted by molar-refractivity contribution is 0.669. The normalized spacial score (nSPS) is 11.8. The van der Waals surface area contributed by atoms with Gasteiger partial charge in [0.05, 0.1) is 0 Å². The van der Waals surface area contributed by atoms with Gasteiger partial charge in [0.15, 0.2) is 17.5 Å². The largest absolute Gasteiger partial charge is 0.456 e. The number of hydrogen-bond donors (Lipinski definition) is 0. The number of benzene rings is 8. The van der Waals surface area contributed by atoms with Crippen molar-refractivity contribution in [2.75, 3.05) is 0 Å². The van der Waals surface area contributed by atoms with Crippen LogP contribution in [0.2, 0.25) is 0 Å². The van der Waals surface area contributed by atoms with Crippen LogP contribution in [0.5, 0.6) is 0 Å². The highest BCUT2D eigenvalue weighted by Crippen LogP contribution is 2.42. The predicted octanol–water partition coefficient (Wildman–Crippen LogP) is 12.6. The van der Waals surface area contributed by atoms with Crippen LogP contribution in [0.4, 0.5) is 0 Å². The summed E-state index contributed by atoms with van der Waals surface area (Å²) < 4.78 is 13.0. The van der Waals surface area contributed by atoms with Crippen LogP contribution in [0, 0.1) is 0 Å². The highest BCUT2D eigenvalue weighted by Gasteiger charge is 2.22. The van der Waals surface area contributed by atoms with Gasteiger partial charge < -0.3 is 8.83 Å². The molecule has 0 fully saturated rings. The molecule has 0 bridgehead atoms. The number of hydrogen-bond acceptors (Lipinski definition) is 5. The molecular formula is C47H27N3O2. The molecule has 11 rings (SSSR count). The second-order valence-corrected chi connectivity index (χ2v) is 13.2. The van der Waals surface area contributed by atoms with Crippen molar-refractivity contribution in [3.8, 4) is 45.3 Å². The van der Waals surface area contributed by atoms with Crippen molar-refractivity contribution >= 4 is 65.4 Å². The standard InChI is InChI=1S/C47H27N3O2/c1-2-12-28(13-3-1)32-25-38(44-36-19-9-11-21-40(36)51-41(44)26-32)47-49-45(31-23-22-29-14-4-5-15-30(29)24-31)48-46(50-47)37-27-42-43(34-17-7-6-16-33(34)37)35-18-8-10-20-39(35)52-42/h1-27H. The van der Waals surface area contributed by atoms with E-state index in [1.807, 2.05) is 36.4 Å². The zero-order valence-corrected chi connectivity index (χ0v) is 27.7. The second kappa shape index (κ2) is 11.2. The number of fused-ring (bicyclic) bond motifs is 9. The Morgan fingerprint density at radius 2 is 0.885 bits per heavy atom. The van der Waals surface area contributed by atoms with Crippen molar-refractivity contribution < 1.29 is 8.83 Å². The molecule has 242 valence electrons. The van der Waals surface area contributed by atoms with E-state index >= 15 is 0 Å². The topological polar surface area (TPSA) is 65.0 Å². The Hall–Kier alpha value is -7.11. The molecule has 0 saturated heterocycles. The maximum atomic E-state index is 6.51. The molecule has 3 aromatic heterocycles. The molecule has 0 radical (unpaired) electrons. The van der Waals surface area contributed by atoms with Crippen molar-refractivity contribution in [3.63, 3.8) is 0 Å². The monoisotopic (exact) mass is 665 g/mol. The van der Waals surface area contributed by atoms with E-state index in [2.05, 4.69) is 127 Å². The maximum absolute atomic E-state index is 6.51. The number of nitrogens with zero attached hydrogens (tertiary/aromatic N) is 3. The predicted molar refractivity (Wildman–Crippen MR) is 211 cm³/mol. The Kier molecular flexibility index (Phi) is 6.18. The second-order valence-electron chi connectivity index (χ2n) is 13.2. The van der Waals surface area contributed by atoms with Crippen LogP contribution < -0.4 is 0 Å². The zero-order chi connectivity index (χ0) is 34.2. The molecule has 5 nitrogen and oxygen atoms in total. The first kappa shape index (κ1) is 28.7. The highest BCUT2D eigenvalue weighted by molar-refractivity contribution is 6.22. The molecule has 0 atom stereocenters. The molecule has 0 unspecified atom stereocenters. The third-order valence-corrected chi connectivity index (χ3v) is 10.1. The van der Waals surface area contributed by atoms with Gasteiger partial charge in [0.2, 0.25) is 0 Å². The third-order valence-electron chi connectivity index (χ3n) is 10.1. The van der Waals surface area contributed by atoms with E-state index in [-0.39, 0.29) is 0 Å². The summed E-state index contributed by atoms with van der Waals surface area (Å²) in [6.07, 6.45) is 0. The molecule has 0 N–H and O–H groups in total. The SMILES string of the molecule is c1ccc(-c2cc(-c3nc(-c4ccc5ccccc5c4)nc(-c4cc5oc6ccccc6c5c5ccccc45)n3)c3c(c2)oc2ccccc23)cc1. The lowest BCUT2D eigenvalue weighted by Crippen LogP contribution is -2.01. The quantitative estimate of drug-likeness (QED) is 0.187. The summed E-state index contributed by atoms with van der Waals surface area (Å²) in [5, 5.41) is 8.55. The molecule has 0 aliphatic heterocycles. The first-order valence-corrected chi connectivity index (χ1v) is 17.3. The Bertz CT molecular complexity index is 3190. The average molecular weight is 666 g/mol. The van der Waals surface area contributed by atoms with Gasteiger partial charge in [0.1, 0.15) is 22.3 Å². The van der Waals surface area contributed by atoms with Crippen molar-refractivity contribution in [1.82, 2.24) is 15.0 Å². The van der Waals surface area contributed by atoms with Crippen LogP contribution in [0.1, 0.15) is 0 Å². The molecule has 0 spiro atoms. The van der Waals surface area contributed by atoms with E-state index in [1.54, 1.807) is 0 Å². The average Bonchev–Trinajstić information content (AvgIpc) is 3.79. The van der Waals surface area contributed by atoms with E-state index in [9.17, 15) is 0 Å². The van der Waals surface area contributed by atoms with Crippen molar-refractivity contribution in [1.29, 1.82) is 0 Å². The van der Waals surface area contributed by atoms with Gasteiger partial charge in [0, 0.05) is 38.2 Å². The molecule has 3 heterocycles. The van der Waals surface area contributed by atoms with Crippen LogP contribution in [0.25, 0.3) is 111 Å².